The van der Waals surface area contributed by atoms with E-state index in [4.69, 9.17) is 0 Å². The predicted molar refractivity (Wildman–Crippen MR) is 24.1 cm³/mol. The van der Waals surface area contributed by atoms with Crippen LogP contribution in [0.5, 0.6) is 0 Å². The summed E-state index contributed by atoms with van der Waals surface area (Å²) in [6.45, 7) is 0. The molecule has 42 valence electrons. The molecule has 0 rings (SSSR count). The Bertz CT molecular complexity index is 78.2. The molecule has 0 spiro atoms. The summed E-state index contributed by atoms with van der Waals surface area (Å²) in [7, 11) is 0. The summed E-state index contributed by atoms with van der Waals surface area (Å²) in [5, 5.41) is -2.00. The molecule has 0 aromatic rings. The third-order valence-electron chi connectivity index (χ3n) is 0.313. The molecule has 1 unspecified atom stereocenters. The van der Waals surface area contributed by atoms with Gasteiger partial charge in [-0.15, -0.1) is 0 Å². The molecule has 1 atom stereocenters. The average Bonchev–Trinajstić information content (AvgIpc) is 1.65. The van der Waals surface area contributed by atoms with Crippen LogP contribution in [0.1, 0.15) is 0 Å². The second-order valence-electron chi connectivity index (χ2n) is 0.795. The van der Waals surface area contributed by atoms with Gasteiger partial charge < -0.3 is 0 Å². The Morgan fingerprint density at radius 1 is 1.71 bits per heavy atom. The van der Waals surface area contributed by atoms with Gasteiger partial charge in [0.15, 0.2) is 5.83 Å². The zero-order valence-corrected chi connectivity index (χ0v) is 4.75. The smallest absolute Gasteiger partial charge is 0.208 e. The molecule has 7 heavy (non-hydrogen) atoms. The van der Waals surface area contributed by atoms with Gasteiger partial charge in [-0.3, -0.25) is 0 Å². The summed E-state index contributed by atoms with van der Waals surface area (Å²) in [4.78, 5) is 0. The quantitative estimate of drug-likeness (QED) is 0.537. The van der Waals surface area contributed by atoms with Crippen molar-refractivity contribution in [1.29, 1.82) is 0 Å². The Morgan fingerprint density at radius 2 is 2.14 bits per heavy atom. The van der Waals surface area contributed by atoms with Crippen molar-refractivity contribution in [2.75, 3.05) is 0 Å². The van der Waals surface area contributed by atoms with Crippen molar-refractivity contribution in [3.05, 3.63) is 12.2 Å². The Hall–Kier alpha value is 0.01000. The van der Waals surface area contributed by atoms with Gasteiger partial charge >= 0.3 is 0 Å². The van der Waals surface area contributed by atoms with Crippen LogP contribution < -0.4 is 0 Å². The van der Waals surface area contributed by atoms with Crippen molar-refractivity contribution >= 4 is 15.9 Å². The number of hydrogen-bond donors (Lipinski definition) is 0. The topological polar surface area (TPSA) is 0 Å². The predicted octanol–water partition coefficient (Wildman–Crippen LogP) is 2.46. The van der Waals surface area contributed by atoms with Gasteiger partial charge in [0.2, 0.25) is 5.08 Å². The number of rotatable bonds is 1. The molecule has 0 saturated heterocycles. The first-order valence-electron chi connectivity index (χ1n) is 1.42. The Balaban J connectivity index is 3.56. The van der Waals surface area contributed by atoms with Crippen LogP contribution in [0.25, 0.3) is 0 Å². The second kappa shape index (κ2) is 3.07. The van der Waals surface area contributed by atoms with Crippen LogP contribution >= 0.6 is 15.9 Å². The van der Waals surface area contributed by atoms with Crippen LogP contribution in [0, 0.1) is 0 Å². The van der Waals surface area contributed by atoms with Gasteiger partial charge in [-0.2, -0.15) is 0 Å². The van der Waals surface area contributed by atoms with E-state index in [1.807, 2.05) is 0 Å². The maximum absolute atomic E-state index is 11.3. The zero-order valence-electron chi connectivity index (χ0n) is 3.17. The summed E-state index contributed by atoms with van der Waals surface area (Å²) in [5.74, 6) is -1.44. The van der Waals surface area contributed by atoms with Gasteiger partial charge in [-0.25, -0.2) is 13.2 Å². The Kier molecular flexibility index (Phi) is 3.07. The minimum atomic E-state index is -2.00. The molecule has 0 saturated carbocycles. The molecule has 0 amide bonds. The molecule has 0 fully saturated rings. The van der Waals surface area contributed by atoms with Gasteiger partial charge in [0.25, 0.3) is 0 Å². The third kappa shape index (κ3) is 2.68. The van der Waals surface area contributed by atoms with E-state index >= 15 is 0 Å². The fourth-order valence-corrected chi connectivity index (χ4v) is 0.148. The first-order valence-corrected chi connectivity index (χ1v) is 2.34. The van der Waals surface area contributed by atoms with Crippen molar-refractivity contribution in [3.63, 3.8) is 0 Å². The lowest BCUT2D eigenvalue weighted by Crippen LogP contribution is -1.84. The SMILES string of the molecule is F/C=C(\F)C(F)Br. The highest BCUT2D eigenvalue weighted by molar-refractivity contribution is 9.09. The summed E-state index contributed by atoms with van der Waals surface area (Å²) in [5.41, 5.74) is 0. The number of hydrogen-bond acceptors (Lipinski definition) is 0. The third-order valence-corrected chi connectivity index (χ3v) is 0.750. The highest BCUT2D eigenvalue weighted by Gasteiger charge is 2.05. The maximum atomic E-state index is 11.3. The highest BCUT2D eigenvalue weighted by Crippen LogP contribution is 2.13. The van der Waals surface area contributed by atoms with Gasteiger partial charge in [-0.1, -0.05) is 0 Å². The van der Waals surface area contributed by atoms with Crippen LogP contribution in [-0.2, 0) is 0 Å². The number of alkyl halides is 2. The van der Waals surface area contributed by atoms with E-state index < -0.39 is 17.2 Å². The summed E-state index contributed by atoms with van der Waals surface area (Å²) < 4.78 is 33.5. The van der Waals surface area contributed by atoms with E-state index in [9.17, 15) is 13.2 Å². The first kappa shape index (κ1) is 7.01. The highest BCUT2D eigenvalue weighted by atomic mass is 79.9. The van der Waals surface area contributed by atoms with Gasteiger partial charge in [-0.05, 0) is 15.9 Å². The van der Waals surface area contributed by atoms with Crippen molar-refractivity contribution in [2.45, 2.75) is 5.08 Å². The lowest BCUT2D eigenvalue weighted by molar-refractivity contribution is 0.419. The number of halogens is 4. The van der Waals surface area contributed by atoms with Crippen LogP contribution in [0.3, 0.4) is 0 Å². The zero-order chi connectivity index (χ0) is 5.86. The summed E-state index contributed by atoms with van der Waals surface area (Å²) >= 11 is 2.15. The van der Waals surface area contributed by atoms with Gasteiger partial charge in [0, 0.05) is 0 Å². The standard InChI is InChI=1S/C3H2BrF3/c4-3(7)2(6)1-5/h1,3H/b2-1-. The van der Waals surface area contributed by atoms with Crippen LogP contribution in [0.15, 0.2) is 12.2 Å². The molecule has 0 aliphatic carbocycles. The van der Waals surface area contributed by atoms with E-state index in [0.29, 0.717) is 0 Å². The molecular weight excluding hydrogens is 173 g/mol. The minimum Gasteiger partial charge on any atom is -0.227 e. The van der Waals surface area contributed by atoms with Crippen molar-refractivity contribution < 1.29 is 13.2 Å². The largest absolute Gasteiger partial charge is 0.227 e. The fraction of sp³-hybridized carbons (Fsp3) is 0.333. The lowest BCUT2D eigenvalue weighted by atomic mass is 10.7. The molecular formula is C3H2BrF3. The second-order valence-corrected chi connectivity index (χ2v) is 1.60. The molecule has 0 aromatic heterocycles. The summed E-state index contributed by atoms with van der Waals surface area (Å²) in [6.07, 6.45) is -0.431. The van der Waals surface area contributed by atoms with Gasteiger partial charge in [0.05, 0.1) is 0 Å². The molecule has 0 bridgehead atoms. The lowest BCUT2D eigenvalue weighted by Gasteiger charge is -1.87. The Morgan fingerprint density at radius 3 is 2.14 bits per heavy atom. The van der Waals surface area contributed by atoms with Crippen LogP contribution in [-0.4, -0.2) is 5.08 Å². The average molecular weight is 175 g/mol. The molecule has 0 aromatic carbocycles. The molecule has 4 heteroatoms. The monoisotopic (exact) mass is 174 g/mol. The van der Waals surface area contributed by atoms with E-state index in [2.05, 4.69) is 15.9 Å². The van der Waals surface area contributed by atoms with Crippen LogP contribution in [0.4, 0.5) is 13.2 Å². The fourth-order valence-electron chi connectivity index (χ4n) is 0.0476. The summed E-state index contributed by atoms with van der Waals surface area (Å²) in [6, 6.07) is 0. The molecule has 0 radical (unpaired) electrons. The van der Waals surface area contributed by atoms with Crippen molar-refractivity contribution in [3.8, 4) is 0 Å². The van der Waals surface area contributed by atoms with Gasteiger partial charge in [0.1, 0.15) is 6.33 Å². The van der Waals surface area contributed by atoms with Crippen molar-refractivity contribution in [2.24, 2.45) is 0 Å². The van der Waals surface area contributed by atoms with E-state index in [1.54, 1.807) is 0 Å². The van der Waals surface area contributed by atoms with E-state index in [1.165, 1.54) is 0 Å². The van der Waals surface area contributed by atoms with E-state index in [-0.39, 0.29) is 0 Å². The van der Waals surface area contributed by atoms with E-state index in [0.717, 1.165) is 0 Å². The molecule has 0 nitrogen and oxygen atoms in total. The first-order chi connectivity index (χ1) is 3.18. The molecule has 0 aliphatic heterocycles. The minimum absolute atomic E-state index is 0.431. The molecule has 0 heterocycles. The maximum Gasteiger partial charge on any atom is 0.208 e. The Labute approximate surface area is 47.1 Å². The van der Waals surface area contributed by atoms with Crippen molar-refractivity contribution in [1.82, 2.24) is 0 Å². The number of allylic oxidation sites excluding steroid dienone is 1. The molecule has 0 N–H and O–H groups in total. The normalized spacial score (nSPS) is 16.9. The molecule has 0 aliphatic rings. The van der Waals surface area contributed by atoms with Crippen LogP contribution in [0.2, 0.25) is 0 Å².